The lowest BCUT2D eigenvalue weighted by atomic mass is 10.1. The van der Waals surface area contributed by atoms with Gasteiger partial charge in [-0.1, -0.05) is 25.5 Å². The molecule has 0 radical (unpaired) electrons. The van der Waals surface area contributed by atoms with E-state index in [2.05, 4.69) is 31.4 Å². The quantitative estimate of drug-likeness (QED) is 0.666. The molecule has 0 aliphatic heterocycles. The van der Waals surface area contributed by atoms with Crippen molar-refractivity contribution in [3.8, 4) is 5.75 Å². The summed E-state index contributed by atoms with van der Waals surface area (Å²) < 4.78 is 5.61. The summed E-state index contributed by atoms with van der Waals surface area (Å²) in [5, 5.41) is 0. The molecular weight excluding hydrogens is 192 g/mol. The molecule has 1 aromatic carbocycles. The number of benzene rings is 1. The minimum Gasteiger partial charge on any atom is -0.493 e. The van der Waals surface area contributed by atoms with Gasteiger partial charge in [-0.3, -0.25) is 0 Å². The van der Waals surface area contributed by atoms with E-state index in [4.69, 9.17) is 4.74 Å². The highest BCUT2D eigenvalue weighted by atomic mass is 32.2. The van der Waals surface area contributed by atoms with E-state index in [-0.39, 0.29) is 0 Å². The van der Waals surface area contributed by atoms with Crippen LogP contribution < -0.4 is 4.74 Å². The van der Waals surface area contributed by atoms with E-state index < -0.39 is 0 Å². The van der Waals surface area contributed by atoms with Crippen LogP contribution in [0.4, 0.5) is 0 Å². The first-order valence-electron chi connectivity index (χ1n) is 5.07. The van der Waals surface area contributed by atoms with Crippen molar-refractivity contribution in [3.63, 3.8) is 0 Å². The number of aryl methyl sites for hydroxylation is 1. The van der Waals surface area contributed by atoms with Gasteiger partial charge in [0.25, 0.3) is 0 Å². The first-order chi connectivity index (χ1) is 6.86. The average Bonchev–Trinajstić information content (AvgIpc) is 2.19. The standard InChI is InChI=1S/C12H18OS/c1-3-5-11-6-4-7-12(10-11)13-8-9-14-2/h4,6-7,10H,3,5,8-9H2,1-2H3. The normalized spacial score (nSPS) is 10.1. The van der Waals surface area contributed by atoms with Crippen molar-refractivity contribution in [1.82, 2.24) is 0 Å². The van der Waals surface area contributed by atoms with Gasteiger partial charge < -0.3 is 4.74 Å². The number of rotatable bonds is 6. The van der Waals surface area contributed by atoms with Gasteiger partial charge in [-0.2, -0.15) is 11.8 Å². The van der Waals surface area contributed by atoms with Gasteiger partial charge in [0.2, 0.25) is 0 Å². The molecule has 0 saturated heterocycles. The van der Waals surface area contributed by atoms with Crippen LogP contribution in [0, 0.1) is 0 Å². The third-order valence-electron chi connectivity index (χ3n) is 1.99. The summed E-state index contributed by atoms with van der Waals surface area (Å²) in [6.45, 7) is 3.00. The monoisotopic (exact) mass is 210 g/mol. The molecular formula is C12H18OS. The molecule has 0 aliphatic rings. The van der Waals surface area contributed by atoms with Crippen LogP contribution in [0.1, 0.15) is 18.9 Å². The van der Waals surface area contributed by atoms with Crippen LogP contribution in [0.25, 0.3) is 0 Å². The highest BCUT2D eigenvalue weighted by Crippen LogP contribution is 2.14. The van der Waals surface area contributed by atoms with Crippen molar-refractivity contribution in [2.45, 2.75) is 19.8 Å². The first kappa shape index (κ1) is 11.4. The molecule has 0 bridgehead atoms. The molecule has 0 saturated carbocycles. The minimum atomic E-state index is 0.802. The number of hydrogen-bond donors (Lipinski definition) is 0. The maximum Gasteiger partial charge on any atom is 0.119 e. The van der Waals surface area contributed by atoms with Crippen molar-refractivity contribution in [2.24, 2.45) is 0 Å². The maximum atomic E-state index is 5.61. The fraction of sp³-hybridized carbons (Fsp3) is 0.500. The van der Waals surface area contributed by atoms with Gasteiger partial charge in [0.1, 0.15) is 5.75 Å². The fourth-order valence-corrected chi connectivity index (χ4v) is 1.57. The molecule has 78 valence electrons. The second-order valence-electron chi connectivity index (χ2n) is 3.24. The van der Waals surface area contributed by atoms with E-state index in [1.54, 1.807) is 0 Å². The van der Waals surface area contributed by atoms with Crippen LogP contribution in [0.5, 0.6) is 5.75 Å². The van der Waals surface area contributed by atoms with Crippen molar-refractivity contribution >= 4 is 11.8 Å². The third kappa shape index (κ3) is 4.05. The molecule has 0 amide bonds. The zero-order valence-corrected chi connectivity index (χ0v) is 9.77. The van der Waals surface area contributed by atoms with E-state index in [1.165, 1.54) is 12.0 Å². The van der Waals surface area contributed by atoms with Gasteiger partial charge in [0.15, 0.2) is 0 Å². The molecule has 0 N–H and O–H groups in total. The Balaban J connectivity index is 2.46. The average molecular weight is 210 g/mol. The van der Waals surface area contributed by atoms with E-state index in [9.17, 15) is 0 Å². The Morgan fingerprint density at radius 1 is 1.36 bits per heavy atom. The van der Waals surface area contributed by atoms with Crippen molar-refractivity contribution in [1.29, 1.82) is 0 Å². The molecule has 0 atom stereocenters. The van der Waals surface area contributed by atoms with Gasteiger partial charge in [0.05, 0.1) is 6.61 Å². The third-order valence-corrected chi connectivity index (χ3v) is 2.57. The van der Waals surface area contributed by atoms with E-state index >= 15 is 0 Å². The molecule has 0 aliphatic carbocycles. The first-order valence-corrected chi connectivity index (χ1v) is 6.47. The molecule has 0 aromatic heterocycles. The summed E-state index contributed by atoms with van der Waals surface area (Å²) in [6, 6.07) is 8.40. The summed E-state index contributed by atoms with van der Waals surface area (Å²) in [6.07, 6.45) is 4.42. The number of thioether (sulfide) groups is 1. The van der Waals surface area contributed by atoms with Crippen molar-refractivity contribution < 1.29 is 4.74 Å². The van der Waals surface area contributed by atoms with Gasteiger partial charge in [-0.25, -0.2) is 0 Å². The van der Waals surface area contributed by atoms with Crippen LogP contribution in [-0.2, 0) is 6.42 Å². The maximum absolute atomic E-state index is 5.61. The Morgan fingerprint density at radius 2 is 2.21 bits per heavy atom. The van der Waals surface area contributed by atoms with Crippen molar-refractivity contribution in [2.75, 3.05) is 18.6 Å². The summed E-state index contributed by atoms with van der Waals surface area (Å²) in [7, 11) is 0. The number of hydrogen-bond acceptors (Lipinski definition) is 2. The molecule has 1 rings (SSSR count). The molecule has 1 aromatic rings. The SMILES string of the molecule is CCCc1cccc(OCCSC)c1. The molecule has 1 nitrogen and oxygen atoms in total. The van der Waals surface area contributed by atoms with Crippen LogP contribution in [0.2, 0.25) is 0 Å². The van der Waals surface area contributed by atoms with Gasteiger partial charge in [-0.15, -0.1) is 0 Å². The lowest BCUT2D eigenvalue weighted by Gasteiger charge is -2.06. The highest BCUT2D eigenvalue weighted by Gasteiger charge is 1.95. The predicted octanol–water partition coefficient (Wildman–Crippen LogP) is 3.38. The Labute approximate surface area is 90.9 Å². The van der Waals surface area contributed by atoms with Crippen LogP contribution in [-0.4, -0.2) is 18.6 Å². The van der Waals surface area contributed by atoms with Crippen molar-refractivity contribution in [3.05, 3.63) is 29.8 Å². The smallest absolute Gasteiger partial charge is 0.119 e. The van der Waals surface area contributed by atoms with Gasteiger partial charge >= 0.3 is 0 Å². The van der Waals surface area contributed by atoms with E-state index in [1.807, 2.05) is 17.8 Å². The summed E-state index contributed by atoms with van der Waals surface area (Å²) >= 11 is 1.81. The van der Waals surface area contributed by atoms with Crippen LogP contribution in [0.15, 0.2) is 24.3 Å². The molecule has 0 heterocycles. The minimum absolute atomic E-state index is 0.802. The summed E-state index contributed by atoms with van der Waals surface area (Å²) in [5.74, 6) is 2.06. The Morgan fingerprint density at radius 3 is 2.93 bits per heavy atom. The Hall–Kier alpha value is -0.630. The molecule has 0 spiro atoms. The molecule has 14 heavy (non-hydrogen) atoms. The molecule has 0 fully saturated rings. The van der Waals surface area contributed by atoms with Gasteiger partial charge in [-0.05, 0) is 30.4 Å². The zero-order chi connectivity index (χ0) is 10.2. The summed E-state index contributed by atoms with van der Waals surface area (Å²) in [5.41, 5.74) is 1.37. The van der Waals surface area contributed by atoms with Crippen LogP contribution in [0.3, 0.4) is 0 Å². The second-order valence-corrected chi connectivity index (χ2v) is 4.22. The topological polar surface area (TPSA) is 9.23 Å². The predicted molar refractivity (Wildman–Crippen MR) is 64.3 cm³/mol. The largest absolute Gasteiger partial charge is 0.493 e. The Kier molecular flexibility index (Phi) is 5.53. The molecule has 0 unspecified atom stereocenters. The highest BCUT2D eigenvalue weighted by molar-refractivity contribution is 7.98. The molecule has 2 heteroatoms. The lowest BCUT2D eigenvalue weighted by molar-refractivity contribution is 0.343. The number of ether oxygens (including phenoxy) is 1. The van der Waals surface area contributed by atoms with Crippen LogP contribution >= 0.6 is 11.8 Å². The van der Waals surface area contributed by atoms with Gasteiger partial charge in [0, 0.05) is 5.75 Å². The fourth-order valence-electron chi connectivity index (χ4n) is 1.32. The van der Waals surface area contributed by atoms with E-state index in [0.717, 1.165) is 24.5 Å². The second kappa shape index (κ2) is 6.77. The lowest BCUT2D eigenvalue weighted by Crippen LogP contribution is -1.99. The van der Waals surface area contributed by atoms with E-state index in [0.29, 0.717) is 0 Å². The zero-order valence-electron chi connectivity index (χ0n) is 8.95. The Bertz CT molecular complexity index is 260. The summed E-state index contributed by atoms with van der Waals surface area (Å²) in [4.78, 5) is 0.